The number of ether oxygens (including phenoxy) is 1. The lowest BCUT2D eigenvalue weighted by Gasteiger charge is -2.42. The molecule has 1 heterocycles. The lowest BCUT2D eigenvalue weighted by molar-refractivity contribution is 0.0219. The Morgan fingerprint density at radius 1 is 1.39 bits per heavy atom. The van der Waals surface area contributed by atoms with Gasteiger partial charge in [-0.05, 0) is 31.4 Å². The SMILES string of the molecule is CCC[C@@]1(CO)CCCN(C(=O)c2ccc(OC)c(F)c2F)C1. The molecular formula is C17H23F2NO3. The number of methoxy groups -OCH3 is 1. The molecule has 23 heavy (non-hydrogen) atoms. The average molecular weight is 327 g/mol. The van der Waals surface area contributed by atoms with Gasteiger partial charge in [-0.2, -0.15) is 4.39 Å². The summed E-state index contributed by atoms with van der Waals surface area (Å²) in [6, 6.07) is 2.50. The van der Waals surface area contributed by atoms with Crippen LogP contribution in [0.5, 0.6) is 5.75 Å². The van der Waals surface area contributed by atoms with E-state index in [-0.39, 0.29) is 23.3 Å². The molecule has 0 aromatic heterocycles. The number of aliphatic hydroxyl groups is 1. The van der Waals surface area contributed by atoms with Gasteiger partial charge in [0.2, 0.25) is 5.82 Å². The van der Waals surface area contributed by atoms with Gasteiger partial charge in [-0.3, -0.25) is 4.79 Å². The van der Waals surface area contributed by atoms with E-state index in [4.69, 9.17) is 4.74 Å². The van der Waals surface area contributed by atoms with E-state index >= 15 is 0 Å². The number of nitrogens with zero attached hydrogens (tertiary/aromatic N) is 1. The zero-order valence-electron chi connectivity index (χ0n) is 13.6. The van der Waals surface area contributed by atoms with Crippen LogP contribution in [0.2, 0.25) is 0 Å². The van der Waals surface area contributed by atoms with Crippen molar-refractivity contribution in [2.75, 3.05) is 26.8 Å². The highest BCUT2D eigenvalue weighted by Crippen LogP contribution is 2.35. The van der Waals surface area contributed by atoms with Gasteiger partial charge < -0.3 is 14.7 Å². The van der Waals surface area contributed by atoms with Gasteiger partial charge in [-0.1, -0.05) is 13.3 Å². The Morgan fingerprint density at radius 2 is 2.13 bits per heavy atom. The van der Waals surface area contributed by atoms with Gasteiger partial charge in [-0.15, -0.1) is 0 Å². The molecule has 0 aliphatic carbocycles. The minimum Gasteiger partial charge on any atom is -0.494 e. The molecule has 1 fully saturated rings. The minimum atomic E-state index is -1.19. The molecule has 1 aromatic rings. The first-order valence-corrected chi connectivity index (χ1v) is 7.90. The van der Waals surface area contributed by atoms with Crippen molar-refractivity contribution in [1.82, 2.24) is 4.90 Å². The third-order valence-electron chi connectivity index (χ3n) is 4.56. The van der Waals surface area contributed by atoms with Crippen molar-refractivity contribution in [3.63, 3.8) is 0 Å². The fraction of sp³-hybridized carbons (Fsp3) is 0.588. The number of piperidine rings is 1. The number of likely N-dealkylation sites (tertiary alicyclic amines) is 1. The molecular weight excluding hydrogens is 304 g/mol. The quantitative estimate of drug-likeness (QED) is 0.904. The topological polar surface area (TPSA) is 49.8 Å². The largest absolute Gasteiger partial charge is 0.494 e. The molecule has 1 atom stereocenters. The summed E-state index contributed by atoms with van der Waals surface area (Å²) in [5.41, 5.74) is -0.641. The molecule has 0 spiro atoms. The standard InChI is InChI=1S/C17H23F2NO3/c1-3-7-17(11-21)8-4-9-20(10-17)16(22)12-5-6-13(23-2)15(19)14(12)18/h5-6,21H,3-4,7-11H2,1-2H3/t17-/m1/s1. The molecule has 128 valence electrons. The number of carbonyl (C=O) groups excluding carboxylic acids is 1. The van der Waals surface area contributed by atoms with Crippen LogP contribution >= 0.6 is 0 Å². The van der Waals surface area contributed by atoms with Crippen LogP contribution in [-0.2, 0) is 0 Å². The van der Waals surface area contributed by atoms with Crippen LogP contribution in [0.15, 0.2) is 12.1 Å². The predicted octanol–water partition coefficient (Wildman–Crippen LogP) is 2.99. The first-order chi connectivity index (χ1) is 11.0. The van der Waals surface area contributed by atoms with Crippen LogP contribution < -0.4 is 4.74 Å². The number of amides is 1. The third kappa shape index (κ3) is 3.47. The zero-order chi connectivity index (χ0) is 17.0. The van der Waals surface area contributed by atoms with Gasteiger partial charge in [0.15, 0.2) is 11.6 Å². The fourth-order valence-electron chi connectivity index (χ4n) is 3.35. The van der Waals surface area contributed by atoms with E-state index in [0.717, 1.165) is 25.7 Å². The highest BCUT2D eigenvalue weighted by Gasteiger charge is 2.37. The molecule has 0 bridgehead atoms. The summed E-state index contributed by atoms with van der Waals surface area (Å²) in [4.78, 5) is 14.1. The van der Waals surface area contributed by atoms with Crippen molar-refractivity contribution in [2.24, 2.45) is 5.41 Å². The van der Waals surface area contributed by atoms with Gasteiger partial charge in [0.25, 0.3) is 5.91 Å². The molecule has 2 rings (SSSR count). The van der Waals surface area contributed by atoms with E-state index in [9.17, 15) is 18.7 Å². The van der Waals surface area contributed by atoms with Crippen LogP contribution in [0.3, 0.4) is 0 Å². The van der Waals surface area contributed by atoms with Gasteiger partial charge in [0.1, 0.15) is 0 Å². The van der Waals surface area contributed by atoms with E-state index < -0.39 is 17.5 Å². The molecule has 4 nitrogen and oxygen atoms in total. The molecule has 1 N–H and O–H groups in total. The van der Waals surface area contributed by atoms with Crippen molar-refractivity contribution < 1.29 is 23.4 Å². The summed E-state index contributed by atoms with van der Waals surface area (Å²) in [5.74, 6) is -3.12. The van der Waals surface area contributed by atoms with Crippen molar-refractivity contribution in [3.05, 3.63) is 29.3 Å². The maximum atomic E-state index is 14.1. The summed E-state index contributed by atoms with van der Waals surface area (Å²) in [5, 5.41) is 9.72. The Morgan fingerprint density at radius 3 is 2.74 bits per heavy atom. The molecule has 0 saturated carbocycles. The van der Waals surface area contributed by atoms with E-state index in [0.29, 0.717) is 13.1 Å². The number of hydrogen-bond acceptors (Lipinski definition) is 3. The maximum Gasteiger partial charge on any atom is 0.256 e. The number of halogens is 2. The predicted molar refractivity (Wildman–Crippen MR) is 82.5 cm³/mol. The summed E-state index contributed by atoms with van der Waals surface area (Å²) >= 11 is 0. The Kier molecular flexibility index (Phi) is 5.57. The van der Waals surface area contributed by atoms with E-state index in [1.807, 2.05) is 6.92 Å². The number of hydrogen-bond donors (Lipinski definition) is 1. The normalized spacial score (nSPS) is 21.3. The first-order valence-electron chi connectivity index (χ1n) is 7.90. The monoisotopic (exact) mass is 327 g/mol. The Labute approximate surface area is 135 Å². The molecule has 0 unspecified atom stereocenters. The second-order valence-corrected chi connectivity index (χ2v) is 6.18. The number of aliphatic hydroxyl groups excluding tert-OH is 1. The summed E-state index contributed by atoms with van der Waals surface area (Å²) in [6.07, 6.45) is 3.27. The molecule has 1 aliphatic rings. The van der Waals surface area contributed by atoms with Gasteiger partial charge >= 0.3 is 0 Å². The molecule has 1 saturated heterocycles. The molecule has 0 radical (unpaired) electrons. The second-order valence-electron chi connectivity index (χ2n) is 6.18. The Hall–Kier alpha value is -1.69. The number of rotatable bonds is 5. The smallest absolute Gasteiger partial charge is 0.256 e. The zero-order valence-corrected chi connectivity index (χ0v) is 13.6. The maximum absolute atomic E-state index is 14.1. The van der Waals surface area contributed by atoms with E-state index in [2.05, 4.69) is 0 Å². The molecule has 1 amide bonds. The lowest BCUT2D eigenvalue weighted by atomic mass is 9.77. The fourth-order valence-corrected chi connectivity index (χ4v) is 3.35. The third-order valence-corrected chi connectivity index (χ3v) is 4.56. The number of carbonyl (C=O) groups is 1. The highest BCUT2D eigenvalue weighted by molar-refractivity contribution is 5.94. The van der Waals surface area contributed by atoms with Crippen molar-refractivity contribution in [3.8, 4) is 5.75 Å². The Balaban J connectivity index is 2.25. The lowest BCUT2D eigenvalue weighted by Crippen LogP contribution is -2.48. The molecule has 6 heteroatoms. The molecule has 1 aliphatic heterocycles. The first kappa shape index (κ1) is 17.7. The number of benzene rings is 1. The molecule has 1 aromatic carbocycles. The van der Waals surface area contributed by atoms with Crippen molar-refractivity contribution in [2.45, 2.75) is 32.6 Å². The van der Waals surface area contributed by atoms with Gasteiger partial charge in [0.05, 0.1) is 19.3 Å². The highest BCUT2D eigenvalue weighted by atomic mass is 19.2. The van der Waals surface area contributed by atoms with Crippen molar-refractivity contribution in [1.29, 1.82) is 0 Å². The van der Waals surface area contributed by atoms with Gasteiger partial charge in [-0.25, -0.2) is 4.39 Å². The van der Waals surface area contributed by atoms with Gasteiger partial charge in [0, 0.05) is 18.5 Å². The van der Waals surface area contributed by atoms with Crippen LogP contribution in [-0.4, -0.2) is 42.7 Å². The summed E-state index contributed by atoms with van der Waals surface area (Å²) < 4.78 is 32.7. The van der Waals surface area contributed by atoms with Crippen molar-refractivity contribution >= 4 is 5.91 Å². The second kappa shape index (κ2) is 7.25. The van der Waals surface area contributed by atoms with E-state index in [1.165, 1.54) is 24.1 Å². The summed E-state index contributed by atoms with van der Waals surface area (Å²) in [7, 11) is 1.24. The minimum absolute atomic E-state index is 0.00985. The van der Waals surface area contributed by atoms with Crippen LogP contribution in [0.25, 0.3) is 0 Å². The van der Waals surface area contributed by atoms with Crippen LogP contribution in [0.4, 0.5) is 8.78 Å². The van der Waals surface area contributed by atoms with Crippen LogP contribution in [0.1, 0.15) is 43.0 Å². The average Bonchev–Trinajstić information content (AvgIpc) is 2.57. The summed E-state index contributed by atoms with van der Waals surface area (Å²) in [6.45, 7) is 2.86. The van der Waals surface area contributed by atoms with Crippen LogP contribution in [0, 0.1) is 17.0 Å². The van der Waals surface area contributed by atoms with E-state index in [1.54, 1.807) is 0 Å². The Bertz CT molecular complexity index is 575.